The first-order chi connectivity index (χ1) is 1.73. The summed E-state index contributed by atoms with van der Waals surface area (Å²) in [5.41, 5.74) is 9.24. The molecule has 0 spiro atoms. The maximum Gasteiger partial charge on any atom is 0.160 e. The summed E-state index contributed by atoms with van der Waals surface area (Å²) in [6, 6.07) is 0. The molecule has 0 amide bonds. The van der Waals surface area contributed by atoms with Crippen LogP contribution in [0.2, 0.25) is 0 Å². The molecular weight excluding hydrogens is 103 g/mol. The van der Waals surface area contributed by atoms with Crippen LogP contribution in [0.25, 0.3) is 0 Å². The summed E-state index contributed by atoms with van der Waals surface area (Å²) in [5, 5.41) is 0.000000000000000222. The van der Waals surface area contributed by atoms with Gasteiger partial charge in [-0.2, -0.15) is 0 Å². The number of nitrogens with two attached hydrogens (primary N) is 2. The molecule has 0 fully saturated rings. The first-order valence-corrected chi connectivity index (χ1v) is 1.19. The average molecular weight is 107 g/mol. The zero-order valence-corrected chi connectivity index (χ0v) is 4.22. The predicted molar refractivity (Wildman–Crippen MR) is 27.9 cm³/mol. The van der Waals surface area contributed by atoms with E-state index in [0.29, 0.717) is 0 Å². The second kappa shape index (κ2) is 4.12. The van der Waals surface area contributed by atoms with E-state index in [9.17, 15) is 0 Å². The molecule has 0 aromatic carbocycles. The van der Waals surface area contributed by atoms with E-state index in [2.05, 4.69) is 23.7 Å². The van der Waals surface area contributed by atoms with E-state index in [1.165, 1.54) is 0 Å². The lowest BCUT2D eigenvalue weighted by molar-refractivity contribution is 1.65. The van der Waals surface area contributed by atoms with Crippen molar-refractivity contribution in [2.45, 2.75) is 0 Å². The van der Waals surface area contributed by atoms with Crippen molar-refractivity contribution in [2.75, 3.05) is 0 Å². The first-order valence-electron chi connectivity index (χ1n) is 0.781. The molecule has 0 aromatic rings. The Hall–Kier alpha value is 0.120. The Kier molecular flexibility index (Phi) is 7.36. The fraction of sp³-hybridized carbons (Fsp3) is 0. The smallest absolute Gasteiger partial charge is 0.160 e. The van der Waals surface area contributed by atoms with Gasteiger partial charge in [0.05, 0.1) is 0 Å². The van der Waals surface area contributed by atoms with Gasteiger partial charge >= 0.3 is 0 Å². The van der Waals surface area contributed by atoms with Gasteiger partial charge in [0.1, 0.15) is 0 Å². The van der Waals surface area contributed by atoms with E-state index in [-0.39, 0.29) is 15.0 Å². The summed E-state index contributed by atoms with van der Waals surface area (Å²) >= 11 is 4.09. The van der Waals surface area contributed by atoms with Crippen LogP contribution in [-0.4, -0.2) is 5.11 Å². The molecule has 0 rings (SSSR count). The standard InChI is InChI=1S/CH4N2S.P/c2-1(3)4;/h(H4,2,3,4);. The van der Waals surface area contributed by atoms with Crippen LogP contribution in [0.3, 0.4) is 0 Å². The molecule has 0 heterocycles. The predicted octanol–water partition coefficient (Wildman–Crippen LogP) is 0.0499. The van der Waals surface area contributed by atoms with Gasteiger partial charge in [-0.3, -0.25) is 0 Å². The van der Waals surface area contributed by atoms with Crippen molar-refractivity contribution in [3.8, 4) is 0 Å². The van der Waals surface area contributed by atoms with Crippen LogP contribution < -0.4 is 11.5 Å². The summed E-state index contributed by atoms with van der Waals surface area (Å²) in [4.78, 5) is 0. The molecular formula is CH4N2PS. The molecule has 0 saturated carbocycles. The van der Waals surface area contributed by atoms with Gasteiger partial charge in [-0.25, -0.2) is 0 Å². The molecule has 0 aliphatic rings. The van der Waals surface area contributed by atoms with Crippen LogP contribution >= 0.6 is 22.1 Å². The van der Waals surface area contributed by atoms with Gasteiger partial charge in [0.25, 0.3) is 0 Å². The van der Waals surface area contributed by atoms with Gasteiger partial charge in [-0.15, -0.1) is 0 Å². The van der Waals surface area contributed by atoms with Crippen LogP contribution in [0.15, 0.2) is 0 Å². The molecule has 0 aliphatic heterocycles. The van der Waals surface area contributed by atoms with E-state index >= 15 is 0 Å². The lowest BCUT2D eigenvalue weighted by Crippen LogP contribution is -2.18. The van der Waals surface area contributed by atoms with Crippen molar-refractivity contribution in [1.29, 1.82) is 0 Å². The number of thiocarbonyl (C=S) groups is 1. The molecule has 4 N–H and O–H groups in total. The molecule has 3 radical (unpaired) electrons. The SMILES string of the molecule is NC(N)=S.[P]. The molecule has 0 unspecified atom stereocenters. The Morgan fingerprint density at radius 2 is 1.40 bits per heavy atom. The highest BCUT2D eigenvalue weighted by molar-refractivity contribution is 7.80. The van der Waals surface area contributed by atoms with E-state index in [0.717, 1.165) is 0 Å². The maximum absolute atomic E-state index is 4.62. The van der Waals surface area contributed by atoms with Crippen LogP contribution in [0, 0.1) is 0 Å². The number of hydrogen-bond acceptors (Lipinski definition) is 1. The molecule has 0 saturated heterocycles. The fourth-order valence-corrected chi connectivity index (χ4v) is 0. The van der Waals surface area contributed by atoms with Crippen molar-refractivity contribution in [2.24, 2.45) is 11.5 Å². The van der Waals surface area contributed by atoms with Gasteiger partial charge in [0, 0.05) is 9.90 Å². The normalized spacial score (nSPS) is 4.80. The molecule has 2 nitrogen and oxygen atoms in total. The minimum Gasteiger partial charge on any atom is -0.377 e. The van der Waals surface area contributed by atoms with Crippen molar-refractivity contribution in [3.05, 3.63) is 0 Å². The van der Waals surface area contributed by atoms with Crippen molar-refractivity contribution in [3.63, 3.8) is 0 Å². The van der Waals surface area contributed by atoms with Gasteiger partial charge in [0.15, 0.2) is 5.11 Å². The second-order valence-corrected chi connectivity index (χ2v) is 0.874. The van der Waals surface area contributed by atoms with E-state index in [4.69, 9.17) is 0 Å². The third-order valence-corrected chi connectivity index (χ3v) is 0. The molecule has 0 aliphatic carbocycles. The molecule has 5 heavy (non-hydrogen) atoms. The molecule has 0 aromatic heterocycles. The van der Waals surface area contributed by atoms with Gasteiger partial charge < -0.3 is 11.5 Å². The maximum atomic E-state index is 4.62. The zero-order valence-electron chi connectivity index (χ0n) is 2.51. The summed E-state index contributed by atoms with van der Waals surface area (Å²) in [5.74, 6) is 0. The topological polar surface area (TPSA) is 52.0 Å². The minimum absolute atomic E-state index is 0. The minimum atomic E-state index is 0. The Labute approximate surface area is 39.5 Å². The number of hydrogen-bond donors (Lipinski definition) is 2. The molecule has 0 bridgehead atoms. The van der Waals surface area contributed by atoms with Crippen molar-refractivity contribution in [1.82, 2.24) is 0 Å². The van der Waals surface area contributed by atoms with Crippen LogP contribution in [-0.2, 0) is 0 Å². The van der Waals surface area contributed by atoms with E-state index < -0.39 is 0 Å². The summed E-state index contributed by atoms with van der Waals surface area (Å²) in [6.45, 7) is 0. The monoisotopic (exact) mass is 107 g/mol. The fourth-order valence-electron chi connectivity index (χ4n) is 0. The average Bonchev–Trinajstić information content (AvgIpc) is 0.811. The third kappa shape index (κ3) is 1290. The van der Waals surface area contributed by atoms with Gasteiger partial charge in [0.2, 0.25) is 0 Å². The van der Waals surface area contributed by atoms with Crippen LogP contribution in [0.5, 0.6) is 0 Å². The highest BCUT2D eigenvalue weighted by atomic mass is 32.1. The Morgan fingerprint density at radius 3 is 1.40 bits per heavy atom. The molecule has 29 valence electrons. The van der Waals surface area contributed by atoms with Crippen LogP contribution in [0.4, 0.5) is 0 Å². The quantitative estimate of drug-likeness (QED) is 0.339. The highest BCUT2D eigenvalue weighted by Crippen LogP contribution is 1.32. The van der Waals surface area contributed by atoms with E-state index in [1.807, 2.05) is 0 Å². The second-order valence-electron chi connectivity index (χ2n) is 0.402. The lowest BCUT2D eigenvalue weighted by Gasteiger charge is -1.68. The lowest BCUT2D eigenvalue weighted by atomic mass is 11.3. The van der Waals surface area contributed by atoms with Crippen molar-refractivity contribution >= 4 is 27.2 Å². The Morgan fingerprint density at radius 1 is 1.40 bits per heavy atom. The number of rotatable bonds is 0. The zero-order chi connectivity index (χ0) is 3.58. The summed E-state index contributed by atoms with van der Waals surface area (Å²) in [7, 11) is 0. The first kappa shape index (κ1) is 8.93. The van der Waals surface area contributed by atoms with Crippen molar-refractivity contribution < 1.29 is 0 Å². The van der Waals surface area contributed by atoms with Crippen LogP contribution in [0.1, 0.15) is 0 Å². The third-order valence-electron chi connectivity index (χ3n) is 0. The Bertz CT molecular complexity index is 32.6. The largest absolute Gasteiger partial charge is 0.377 e. The molecule has 0 atom stereocenters. The van der Waals surface area contributed by atoms with Gasteiger partial charge in [-0.1, -0.05) is 0 Å². The summed E-state index contributed by atoms with van der Waals surface area (Å²) in [6.07, 6.45) is 0. The summed E-state index contributed by atoms with van der Waals surface area (Å²) < 4.78 is 0. The highest BCUT2D eigenvalue weighted by Gasteiger charge is 1.53. The van der Waals surface area contributed by atoms with Gasteiger partial charge in [-0.05, 0) is 12.2 Å². The molecule has 4 heteroatoms. The Balaban J connectivity index is 0. The van der Waals surface area contributed by atoms with E-state index in [1.54, 1.807) is 0 Å².